The summed E-state index contributed by atoms with van der Waals surface area (Å²) in [6.45, 7) is 3.82. The number of alkyl carbamates (subject to hydrolysis) is 1. The van der Waals surface area contributed by atoms with Gasteiger partial charge in [-0.2, -0.15) is 0 Å². The van der Waals surface area contributed by atoms with Crippen molar-refractivity contribution in [2.24, 2.45) is 0 Å². The van der Waals surface area contributed by atoms with Crippen LogP contribution in [0.1, 0.15) is 25.0 Å². The summed E-state index contributed by atoms with van der Waals surface area (Å²) in [4.78, 5) is 11.3. The first kappa shape index (κ1) is 14.1. The second-order valence-corrected chi connectivity index (χ2v) is 3.97. The number of ether oxygens (including phenoxy) is 1. The monoisotopic (exact) mass is 247 g/mol. The molecule has 4 heteroatoms. The van der Waals surface area contributed by atoms with Crippen molar-refractivity contribution in [3.63, 3.8) is 0 Å². The molecule has 0 saturated carbocycles. The third-order valence-electron chi connectivity index (χ3n) is 2.02. The van der Waals surface area contributed by atoms with Gasteiger partial charge in [-0.05, 0) is 31.5 Å². The van der Waals surface area contributed by atoms with Gasteiger partial charge in [0.1, 0.15) is 6.61 Å². The standard InChI is InChI=1S/C14H17NO3/c1-11(2)18-14(17)15-10-13-6-3-5-12(9-13)7-4-8-16/h3,5-6,9,11,16H,8,10H2,1-2H3,(H,15,17). The molecule has 1 amide bonds. The molecule has 0 saturated heterocycles. The lowest BCUT2D eigenvalue weighted by Crippen LogP contribution is -2.26. The van der Waals surface area contributed by atoms with Gasteiger partial charge in [-0.1, -0.05) is 24.0 Å². The van der Waals surface area contributed by atoms with Gasteiger partial charge in [0.15, 0.2) is 0 Å². The van der Waals surface area contributed by atoms with E-state index in [4.69, 9.17) is 9.84 Å². The molecule has 0 fully saturated rings. The topological polar surface area (TPSA) is 58.6 Å². The first-order chi connectivity index (χ1) is 8.61. The molecule has 0 aromatic heterocycles. The number of aliphatic hydroxyl groups is 1. The largest absolute Gasteiger partial charge is 0.447 e. The molecular formula is C14H17NO3. The third-order valence-corrected chi connectivity index (χ3v) is 2.02. The molecular weight excluding hydrogens is 230 g/mol. The summed E-state index contributed by atoms with van der Waals surface area (Å²) in [6, 6.07) is 7.45. The van der Waals surface area contributed by atoms with Gasteiger partial charge in [0.25, 0.3) is 0 Å². The van der Waals surface area contributed by atoms with Crippen LogP contribution in [0.15, 0.2) is 24.3 Å². The molecule has 0 atom stereocenters. The van der Waals surface area contributed by atoms with Crippen molar-refractivity contribution >= 4 is 6.09 Å². The van der Waals surface area contributed by atoms with Gasteiger partial charge in [0.2, 0.25) is 0 Å². The summed E-state index contributed by atoms with van der Waals surface area (Å²) in [5.41, 5.74) is 1.74. The Bertz CT molecular complexity index is 458. The Hall–Kier alpha value is -1.99. The maximum Gasteiger partial charge on any atom is 0.407 e. The van der Waals surface area contributed by atoms with Crippen LogP contribution in [0.5, 0.6) is 0 Å². The van der Waals surface area contributed by atoms with Crippen LogP contribution in [0.3, 0.4) is 0 Å². The normalized spacial score (nSPS) is 9.56. The minimum Gasteiger partial charge on any atom is -0.447 e. The number of hydrogen-bond acceptors (Lipinski definition) is 3. The Morgan fingerprint density at radius 1 is 1.50 bits per heavy atom. The predicted octanol–water partition coefficient (Wildman–Crippen LogP) is 1.67. The summed E-state index contributed by atoms with van der Waals surface area (Å²) in [6.07, 6.45) is -0.566. The van der Waals surface area contributed by atoms with Crippen molar-refractivity contribution in [1.29, 1.82) is 0 Å². The second kappa shape index (κ2) is 7.36. The van der Waals surface area contributed by atoms with Crippen LogP contribution in [0.25, 0.3) is 0 Å². The van der Waals surface area contributed by atoms with E-state index in [0.29, 0.717) is 6.54 Å². The highest BCUT2D eigenvalue weighted by Crippen LogP contribution is 2.04. The summed E-state index contributed by atoms with van der Waals surface area (Å²) < 4.78 is 4.96. The Morgan fingerprint density at radius 2 is 2.28 bits per heavy atom. The SMILES string of the molecule is CC(C)OC(=O)NCc1cccc(C#CCO)c1. The van der Waals surface area contributed by atoms with Gasteiger partial charge in [0, 0.05) is 12.1 Å². The van der Waals surface area contributed by atoms with Crippen LogP contribution in [0.4, 0.5) is 4.79 Å². The van der Waals surface area contributed by atoms with Crippen LogP contribution < -0.4 is 5.32 Å². The molecule has 18 heavy (non-hydrogen) atoms. The van der Waals surface area contributed by atoms with Crippen molar-refractivity contribution in [3.05, 3.63) is 35.4 Å². The quantitative estimate of drug-likeness (QED) is 0.799. The van der Waals surface area contributed by atoms with Crippen molar-refractivity contribution in [2.75, 3.05) is 6.61 Å². The Morgan fingerprint density at radius 3 is 2.94 bits per heavy atom. The van der Waals surface area contributed by atoms with Gasteiger partial charge < -0.3 is 15.2 Å². The van der Waals surface area contributed by atoms with Gasteiger partial charge in [0.05, 0.1) is 6.10 Å². The van der Waals surface area contributed by atoms with Crippen molar-refractivity contribution < 1.29 is 14.6 Å². The van der Waals surface area contributed by atoms with Crippen LogP contribution in [0, 0.1) is 11.8 Å². The molecule has 0 spiro atoms. The fraction of sp³-hybridized carbons (Fsp3) is 0.357. The van der Waals surface area contributed by atoms with Gasteiger partial charge >= 0.3 is 6.09 Å². The van der Waals surface area contributed by atoms with Crippen LogP contribution >= 0.6 is 0 Å². The van der Waals surface area contributed by atoms with Crippen LogP contribution in [-0.2, 0) is 11.3 Å². The van der Waals surface area contributed by atoms with Gasteiger partial charge in [-0.3, -0.25) is 0 Å². The van der Waals surface area contributed by atoms with E-state index in [1.165, 1.54) is 0 Å². The fourth-order valence-corrected chi connectivity index (χ4v) is 1.33. The minimum absolute atomic E-state index is 0.133. The van der Waals surface area contributed by atoms with Crippen LogP contribution in [0.2, 0.25) is 0 Å². The van der Waals surface area contributed by atoms with E-state index < -0.39 is 6.09 Å². The van der Waals surface area contributed by atoms with E-state index in [9.17, 15) is 4.79 Å². The van der Waals surface area contributed by atoms with Crippen molar-refractivity contribution in [1.82, 2.24) is 5.32 Å². The highest BCUT2D eigenvalue weighted by Gasteiger charge is 2.04. The van der Waals surface area contributed by atoms with Gasteiger partial charge in [-0.15, -0.1) is 0 Å². The van der Waals surface area contributed by atoms with Crippen molar-refractivity contribution in [2.45, 2.75) is 26.5 Å². The molecule has 2 N–H and O–H groups in total. The molecule has 96 valence electrons. The van der Waals surface area contributed by atoms with Crippen LogP contribution in [-0.4, -0.2) is 23.9 Å². The Kier molecular flexibility index (Phi) is 5.75. The van der Waals surface area contributed by atoms with E-state index in [-0.39, 0.29) is 12.7 Å². The highest BCUT2D eigenvalue weighted by atomic mass is 16.6. The first-order valence-corrected chi connectivity index (χ1v) is 5.75. The average Bonchev–Trinajstić information content (AvgIpc) is 2.33. The Labute approximate surface area is 107 Å². The third kappa shape index (κ3) is 5.37. The zero-order valence-corrected chi connectivity index (χ0v) is 10.6. The lowest BCUT2D eigenvalue weighted by Gasteiger charge is -2.09. The summed E-state index contributed by atoms with van der Waals surface area (Å²) in [7, 11) is 0. The molecule has 0 bridgehead atoms. The fourth-order valence-electron chi connectivity index (χ4n) is 1.33. The number of amides is 1. The summed E-state index contributed by atoms with van der Waals surface area (Å²) in [5, 5.41) is 11.3. The number of carbonyl (C=O) groups is 1. The summed E-state index contributed by atoms with van der Waals surface area (Å²) >= 11 is 0. The second-order valence-electron chi connectivity index (χ2n) is 3.97. The minimum atomic E-state index is -0.433. The molecule has 4 nitrogen and oxygen atoms in total. The molecule has 1 aromatic carbocycles. The maximum absolute atomic E-state index is 11.3. The average molecular weight is 247 g/mol. The summed E-state index contributed by atoms with van der Waals surface area (Å²) in [5.74, 6) is 5.39. The lowest BCUT2D eigenvalue weighted by atomic mass is 10.1. The van der Waals surface area contributed by atoms with E-state index in [0.717, 1.165) is 11.1 Å². The number of rotatable bonds is 3. The number of aliphatic hydroxyl groups excluding tert-OH is 1. The number of carbonyl (C=O) groups excluding carboxylic acids is 1. The number of nitrogens with one attached hydrogen (secondary N) is 1. The van der Waals surface area contributed by atoms with E-state index in [1.807, 2.05) is 24.3 Å². The number of benzene rings is 1. The molecule has 1 rings (SSSR count). The molecule has 1 aromatic rings. The zero-order valence-electron chi connectivity index (χ0n) is 10.6. The molecule has 0 aliphatic carbocycles. The van der Waals surface area contributed by atoms with E-state index >= 15 is 0 Å². The first-order valence-electron chi connectivity index (χ1n) is 5.75. The predicted molar refractivity (Wildman–Crippen MR) is 68.9 cm³/mol. The van der Waals surface area contributed by atoms with Gasteiger partial charge in [-0.25, -0.2) is 4.79 Å². The van der Waals surface area contributed by atoms with E-state index in [1.54, 1.807) is 13.8 Å². The lowest BCUT2D eigenvalue weighted by molar-refractivity contribution is 0.115. The molecule has 0 aliphatic heterocycles. The smallest absolute Gasteiger partial charge is 0.407 e. The molecule has 0 heterocycles. The molecule has 0 aliphatic rings. The highest BCUT2D eigenvalue weighted by molar-refractivity contribution is 5.67. The maximum atomic E-state index is 11.3. The van der Waals surface area contributed by atoms with Crippen molar-refractivity contribution in [3.8, 4) is 11.8 Å². The molecule has 0 unspecified atom stereocenters. The molecule has 0 radical (unpaired) electrons. The zero-order chi connectivity index (χ0) is 13.4. The van der Waals surface area contributed by atoms with E-state index in [2.05, 4.69) is 17.2 Å². The Balaban J connectivity index is 2.55. The number of hydrogen-bond donors (Lipinski definition) is 2.